The number of carboxylic acid groups (broad SMARTS) is 1. The number of amides is 1. The summed E-state index contributed by atoms with van der Waals surface area (Å²) in [5.74, 6) is 0.297. The highest BCUT2D eigenvalue weighted by atomic mass is 16.4. The largest absolute Gasteiger partial charge is 0.480 e. The van der Waals surface area contributed by atoms with Crippen molar-refractivity contribution in [3.8, 4) is 0 Å². The van der Waals surface area contributed by atoms with Crippen LogP contribution in [0.1, 0.15) is 47.0 Å². The van der Waals surface area contributed by atoms with E-state index < -0.39 is 12.0 Å². The van der Waals surface area contributed by atoms with Crippen LogP contribution in [-0.4, -0.2) is 23.0 Å². The van der Waals surface area contributed by atoms with Gasteiger partial charge in [0.05, 0.1) is 0 Å². The van der Waals surface area contributed by atoms with Crippen LogP contribution in [0, 0.1) is 23.7 Å². The SMILES string of the molecule is CC(C)[C@@H]1CC[C@@H](C)C[C@H]1C(=O)N[C@@H](C)C(=O)O. The lowest BCUT2D eigenvalue weighted by Crippen LogP contribution is -2.46. The minimum absolute atomic E-state index is 0.0319. The fraction of sp³-hybridized carbons (Fsp3) is 0.857. The third kappa shape index (κ3) is 3.72. The molecule has 0 aromatic rings. The van der Waals surface area contributed by atoms with Crippen molar-refractivity contribution in [3.05, 3.63) is 0 Å². The molecule has 1 aliphatic rings. The lowest BCUT2D eigenvalue weighted by Gasteiger charge is -2.36. The Morgan fingerprint density at radius 3 is 2.33 bits per heavy atom. The van der Waals surface area contributed by atoms with Gasteiger partial charge in [-0.05, 0) is 37.5 Å². The van der Waals surface area contributed by atoms with Crippen LogP contribution in [0.4, 0.5) is 0 Å². The Kier molecular flexibility index (Phi) is 5.17. The van der Waals surface area contributed by atoms with Gasteiger partial charge in [-0.15, -0.1) is 0 Å². The second-order valence-corrected chi connectivity index (χ2v) is 6.00. The van der Waals surface area contributed by atoms with E-state index >= 15 is 0 Å². The van der Waals surface area contributed by atoms with Crippen LogP contribution in [0.15, 0.2) is 0 Å². The molecule has 0 spiro atoms. The maximum Gasteiger partial charge on any atom is 0.325 e. The van der Waals surface area contributed by atoms with Gasteiger partial charge in [0.2, 0.25) is 5.91 Å². The normalized spacial score (nSPS) is 29.9. The maximum atomic E-state index is 12.2. The third-order valence-electron chi connectivity index (χ3n) is 4.09. The Morgan fingerprint density at radius 1 is 1.22 bits per heavy atom. The second kappa shape index (κ2) is 6.21. The first-order chi connectivity index (χ1) is 8.32. The number of carbonyl (C=O) groups excluding carboxylic acids is 1. The van der Waals surface area contributed by atoms with Crippen LogP contribution < -0.4 is 5.32 Å². The van der Waals surface area contributed by atoms with Crippen LogP contribution in [-0.2, 0) is 9.59 Å². The molecular weight excluding hydrogens is 230 g/mol. The number of aliphatic carboxylic acids is 1. The Balaban J connectivity index is 2.69. The number of hydrogen-bond donors (Lipinski definition) is 2. The third-order valence-corrected chi connectivity index (χ3v) is 4.09. The molecule has 4 atom stereocenters. The summed E-state index contributed by atoms with van der Waals surface area (Å²) in [7, 11) is 0. The minimum atomic E-state index is -0.978. The molecule has 1 saturated carbocycles. The highest BCUT2D eigenvalue weighted by Gasteiger charge is 2.36. The molecule has 1 amide bonds. The van der Waals surface area contributed by atoms with Gasteiger partial charge in [0, 0.05) is 5.92 Å². The average molecular weight is 255 g/mol. The lowest BCUT2D eigenvalue weighted by molar-refractivity contribution is -0.142. The highest BCUT2D eigenvalue weighted by molar-refractivity contribution is 5.85. The van der Waals surface area contributed by atoms with E-state index in [9.17, 15) is 9.59 Å². The van der Waals surface area contributed by atoms with Crippen molar-refractivity contribution < 1.29 is 14.7 Å². The monoisotopic (exact) mass is 255 g/mol. The molecule has 18 heavy (non-hydrogen) atoms. The number of rotatable bonds is 4. The molecule has 1 aliphatic carbocycles. The van der Waals surface area contributed by atoms with Gasteiger partial charge in [-0.2, -0.15) is 0 Å². The topological polar surface area (TPSA) is 66.4 Å². The maximum absolute atomic E-state index is 12.2. The van der Waals surface area contributed by atoms with Gasteiger partial charge in [0.25, 0.3) is 0 Å². The highest BCUT2D eigenvalue weighted by Crippen LogP contribution is 2.38. The molecule has 2 N–H and O–H groups in total. The van der Waals surface area contributed by atoms with Gasteiger partial charge in [-0.25, -0.2) is 0 Å². The molecule has 4 heteroatoms. The van der Waals surface area contributed by atoms with Gasteiger partial charge < -0.3 is 10.4 Å². The molecule has 0 unspecified atom stereocenters. The first-order valence-corrected chi connectivity index (χ1v) is 6.86. The number of hydrogen-bond acceptors (Lipinski definition) is 2. The molecule has 0 aromatic carbocycles. The number of carboxylic acids is 1. The zero-order valence-electron chi connectivity index (χ0n) is 11.8. The Morgan fingerprint density at radius 2 is 1.83 bits per heavy atom. The standard InChI is InChI=1S/C14H25NO3/c1-8(2)11-6-5-9(3)7-12(11)13(16)15-10(4)14(17)18/h8-12H,5-7H2,1-4H3,(H,15,16)(H,17,18)/t9-,10+,11+,12-/m1/s1. The summed E-state index contributed by atoms with van der Waals surface area (Å²) < 4.78 is 0. The van der Waals surface area contributed by atoms with Crippen molar-refractivity contribution in [2.75, 3.05) is 0 Å². The van der Waals surface area contributed by atoms with E-state index in [0.717, 1.165) is 12.8 Å². The predicted octanol–water partition coefficient (Wildman–Crippen LogP) is 2.28. The zero-order valence-corrected chi connectivity index (χ0v) is 11.8. The van der Waals surface area contributed by atoms with E-state index in [1.54, 1.807) is 0 Å². The Hall–Kier alpha value is -1.06. The van der Waals surface area contributed by atoms with E-state index in [0.29, 0.717) is 17.8 Å². The Labute approximate surface area is 109 Å². The van der Waals surface area contributed by atoms with E-state index in [1.165, 1.54) is 13.3 Å². The quantitative estimate of drug-likeness (QED) is 0.810. The molecule has 0 bridgehead atoms. The molecule has 0 heterocycles. The van der Waals surface area contributed by atoms with Gasteiger partial charge in [-0.1, -0.05) is 27.2 Å². The Bertz CT molecular complexity index is 314. The average Bonchev–Trinajstić information content (AvgIpc) is 2.28. The van der Waals surface area contributed by atoms with Crippen LogP contribution in [0.5, 0.6) is 0 Å². The van der Waals surface area contributed by atoms with Crippen molar-refractivity contribution in [1.29, 1.82) is 0 Å². The summed E-state index contributed by atoms with van der Waals surface area (Å²) in [6.07, 6.45) is 3.11. The molecule has 0 aromatic heterocycles. The van der Waals surface area contributed by atoms with Gasteiger partial charge >= 0.3 is 5.97 Å². The molecule has 104 valence electrons. The molecule has 1 fully saturated rings. The first-order valence-electron chi connectivity index (χ1n) is 6.86. The van der Waals surface area contributed by atoms with Crippen LogP contribution in [0.3, 0.4) is 0 Å². The molecule has 0 radical (unpaired) electrons. The molecule has 0 aliphatic heterocycles. The molecule has 1 rings (SSSR count). The van der Waals surface area contributed by atoms with Gasteiger partial charge in [0.1, 0.15) is 6.04 Å². The summed E-state index contributed by atoms with van der Waals surface area (Å²) in [6.45, 7) is 7.96. The van der Waals surface area contributed by atoms with E-state index in [2.05, 4.69) is 26.1 Å². The smallest absolute Gasteiger partial charge is 0.325 e. The summed E-state index contributed by atoms with van der Waals surface area (Å²) in [4.78, 5) is 23.0. The van der Waals surface area contributed by atoms with E-state index in [4.69, 9.17) is 5.11 Å². The van der Waals surface area contributed by atoms with Gasteiger partial charge in [0.15, 0.2) is 0 Å². The number of nitrogens with one attached hydrogen (secondary N) is 1. The first kappa shape index (κ1) is 15.0. The van der Waals surface area contributed by atoms with Crippen LogP contribution >= 0.6 is 0 Å². The fourth-order valence-electron chi connectivity index (χ4n) is 2.89. The van der Waals surface area contributed by atoms with E-state index in [-0.39, 0.29) is 11.8 Å². The van der Waals surface area contributed by atoms with Crippen molar-refractivity contribution in [3.63, 3.8) is 0 Å². The van der Waals surface area contributed by atoms with Crippen molar-refractivity contribution >= 4 is 11.9 Å². The zero-order chi connectivity index (χ0) is 13.9. The number of carbonyl (C=O) groups is 2. The fourth-order valence-corrected chi connectivity index (χ4v) is 2.89. The predicted molar refractivity (Wildman–Crippen MR) is 70.1 cm³/mol. The second-order valence-electron chi connectivity index (χ2n) is 6.00. The van der Waals surface area contributed by atoms with E-state index in [1.807, 2.05) is 0 Å². The summed E-state index contributed by atoms with van der Waals surface area (Å²) in [6, 6.07) is -0.803. The van der Waals surface area contributed by atoms with Crippen molar-refractivity contribution in [1.82, 2.24) is 5.32 Å². The summed E-state index contributed by atoms with van der Waals surface area (Å²) >= 11 is 0. The van der Waals surface area contributed by atoms with Crippen LogP contribution in [0.2, 0.25) is 0 Å². The molecule has 0 saturated heterocycles. The summed E-state index contributed by atoms with van der Waals surface area (Å²) in [5, 5.41) is 11.5. The molecular formula is C14H25NO3. The van der Waals surface area contributed by atoms with Crippen molar-refractivity contribution in [2.45, 2.75) is 53.0 Å². The minimum Gasteiger partial charge on any atom is -0.480 e. The molecule has 4 nitrogen and oxygen atoms in total. The van der Waals surface area contributed by atoms with Crippen LogP contribution in [0.25, 0.3) is 0 Å². The lowest BCUT2D eigenvalue weighted by atomic mass is 9.69. The van der Waals surface area contributed by atoms with Crippen molar-refractivity contribution in [2.24, 2.45) is 23.7 Å². The van der Waals surface area contributed by atoms with Gasteiger partial charge in [-0.3, -0.25) is 9.59 Å². The summed E-state index contributed by atoms with van der Waals surface area (Å²) in [5.41, 5.74) is 0.